The van der Waals surface area contributed by atoms with Gasteiger partial charge in [0, 0.05) is 28.5 Å². The van der Waals surface area contributed by atoms with Crippen molar-refractivity contribution >= 4 is 50.2 Å². The van der Waals surface area contributed by atoms with Crippen LogP contribution in [0.1, 0.15) is 34.1 Å². The van der Waals surface area contributed by atoms with Gasteiger partial charge in [-0.3, -0.25) is 14.6 Å². The van der Waals surface area contributed by atoms with E-state index in [1.807, 2.05) is 37.3 Å². The van der Waals surface area contributed by atoms with Gasteiger partial charge in [0.25, 0.3) is 5.91 Å². The summed E-state index contributed by atoms with van der Waals surface area (Å²) in [5.41, 5.74) is 4.02. The first-order valence-corrected chi connectivity index (χ1v) is 11.9. The number of aryl methyl sites for hydroxylation is 2. The third kappa shape index (κ3) is 5.63. The fraction of sp³-hybridized carbons (Fsp3) is 0.185. The van der Waals surface area contributed by atoms with Crippen LogP contribution in [0.4, 0.5) is 11.4 Å². The van der Waals surface area contributed by atoms with Crippen molar-refractivity contribution in [2.75, 3.05) is 12.4 Å². The van der Waals surface area contributed by atoms with Gasteiger partial charge in [0.1, 0.15) is 17.9 Å². The van der Waals surface area contributed by atoms with Crippen molar-refractivity contribution in [3.63, 3.8) is 0 Å². The Labute approximate surface area is 216 Å². The van der Waals surface area contributed by atoms with E-state index < -0.39 is 11.9 Å². The van der Waals surface area contributed by atoms with E-state index in [2.05, 4.69) is 31.2 Å². The predicted octanol–water partition coefficient (Wildman–Crippen LogP) is 5.76. The van der Waals surface area contributed by atoms with E-state index in [1.54, 1.807) is 31.3 Å². The van der Waals surface area contributed by atoms with Crippen molar-refractivity contribution in [2.24, 2.45) is 4.99 Å². The van der Waals surface area contributed by atoms with Crippen LogP contribution in [0, 0.1) is 13.8 Å². The van der Waals surface area contributed by atoms with Crippen LogP contribution in [0.3, 0.4) is 0 Å². The normalized spacial score (nSPS) is 11.4. The zero-order chi connectivity index (χ0) is 25.8. The van der Waals surface area contributed by atoms with Gasteiger partial charge in [-0.15, -0.1) is 0 Å². The molecule has 4 rings (SSSR count). The molecule has 36 heavy (non-hydrogen) atoms. The highest BCUT2D eigenvalue weighted by molar-refractivity contribution is 9.10. The Bertz CT molecular complexity index is 1540. The summed E-state index contributed by atoms with van der Waals surface area (Å²) in [7, 11) is 1.54. The summed E-state index contributed by atoms with van der Waals surface area (Å²) >= 11 is 3.44. The summed E-state index contributed by atoms with van der Waals surface area (Å²) in [4.78, 5) is 34.0. The number of anilines is 1. The summed E-state index contributed by atoms with van der Waals surface area (Å²) in [5, 5.41) is 3.51. The summed E-state index contributed by atoms with van der Waals surface area (Å²) in [5.74, 6) is -0.342. The molecule has 0 unspecified atom stereocenters. The van der Waals surface area contributed by atoms with E-state index in [0.717, 1.165) is 10.0 Å². The summed E-state index contributed by atoms with van der Waals surface area (Å²) in [6.07, 6.45) is 1.60. The van der Waals surface area contributed by atoms with E-state index in [0.29, 0.717) is 39.4 Å². The highest BCUT2D eigenvalue weighted by Gasteiger charge is 2.18. The number of rotatable bonds is 6. The first-order chi connectivity index (χ1) is 17.2. The number of aromatic nitrogens is 1. The molecule has 0 aliphatic rings. The van der Waals surface area contributed by atoms with Crippen LogP contribution in [-0.4, -0.2) is 24.0 Å². The monoisotopic (exact) mass is 549 g/mol. The molecular weight excluding hydrogens is 526 g/mol. The van der Waals surface area contributed by atoms with E-state index in [-0.39, 0.29) is 17.7 Å². The second-order valence-electron chi connectivity index (χ2n) is 8.11. The maximum absolute atomic E-state index is 13.6. The lowest BCUT2D eigenvalue weighted by atomic mass is 10.1. The van der Waals surface area contributed by atoms with E-state index >= 15 is 0 Å². The molecule has 1 amide bonds. The molecule has 2 aromatic heterocycles. The molecule has 184 valence electrons. The minimum absolute atomic E-state index is 0.0104. The number of methoxy groups -OCH3 is 1. The maximum atomic E-state index is 13.6. The lowest BCUT2D eigenvalue weighted by molar-refractivity contribution is -0.142. The topological polar surface area (TPSA) is 103 Å². The van der Waals surface area contributed by atoms with Crippen LogP contribution >= 0.6 is 15.9 Å². The average molecular weight is 550 g/mol. The molecule has 0 saturated carbocycles. The van der Waals surface area contributed by atoms with Crippen molar-refractivity contribution in [1.82, 2.24) is 4.98 Å². The Hall–Kier alpha value is -3.98. The van der Waals surface area contributed by atoms with Gasteiger partial charge in [-0.1, -0.05) is 28.1 Å². The fourth-order valence-electron chi connectivity index (χ4n) is 3.60. The largest absolute Gasteiger partial charge is 0.495 e. The summed E-state index contributed by atoms with van der Waals surface area (Å²) in [6, 6.07) is 14.5. The zero-order valence-corrected chi connectivity index (χ0v) is 21.8. The molecule has 9 heteroatoms. The Morgan fingerprint density at radius 2 is 1.94 bits per heavy atom. The number of esters is 1. The lowest BCUT2D eigenvalue weighted by Crippen LogP contribution is -2.22. The molecular formula is C27H24BrN3O5. The number of hydrogen-bond acceptors (Lipinski definition) is 7. The molecule has 0 aliphatic heterocycles. The average Bonchev–Trinajstić information content (AvgIpc) is 2.83. The molecule has 0 radical (unpaired) electrons. The highest BCUT2D eigenvalue weighted by Crippen LogP contribution is 2.27. The number of benzene rings is 2. The molecule has 1 N–H and O–H groups in total. The number of amides is 1. The van der Waals surface area contributed by atoms with Crippen LogP contribution in [0.5, 0.6) is 5.75 Å². The molecule has 8 nitrogen and oxygen atoms in total. The number of nitrogens with zero attached hydrogens (tertiary/aromatic N) is 2. The van der Waals surface area contributed by atoms with Gasteiger partial charge in [0.05, 0.1) is 24.2 Å². The number of hydrogen-bond donors (Lipinski definition) is 1. The quantitative estimate of drug-likeness (QED) is 0.306. The SMILES string of the molecule is COc1ccc(C)cc1NC(=O)c1cc2c(COC(C)=O)cnc(C)c2oc1=Nc1cccc(Br)c1. The molecule has 2 heterocycles. The molecule has 0 fully saturated rings. The summed E-state index contributed by atoms with van der Waals surface area (Å²) < 4.78 is 17.6. The number of halogens is 1. The van der Waals surface area contributed by atoms with E-state index in [4.69, 9.17) is 13.9 Å². The standard InChI is InChI=1S/C27H24BrN3O5/c1-15-8-9-24(34-4)23(10-15)31-26(33)22-12-21-18(14-35-17(3)32)13-29-16(2)25(21)36-27(22)30-20-7-5-6-19(28)11-20/h5-13H,14H2,1-4H3,(H,31,33). The third-order valence-electron chi connectivity index (χ3n) is 5.37. The van der Waals surface area contributed by atoms with Crippen molar-refractivity contribution < 1.29 is 23.5 Å². The third-order valence-corrected chi connectivity index (χ3v) is 5.86. The Morgan fingerprint density at radius 1 is 1.14 bits per heavy atom. The number of ether oxygens (including phenoxy) is 2. The summed E-state index contributed by atoms with van der Waals surface area (Å²) in [6.45, 7) is 5.04. The van der Waals surface area contributed by atoms with Crippen LogP contribution < -0.4 is 15.6 Å². The van der Waals surface area contributed by atoms with Crippen molar-refractivity contribution in [2.45, 2.75) is 27.4 Å². The van der Waals surface area contributed by atoms with Crippen molar-refractivity contribution in [3.05, 3.63) is 87.1 Å². The molecule has 0 aliphatic carbocycles. The number of carbonyl (C=O) groups is 2. The molecule has 0 saturated heterocycles. The predicted molar refractivity (Wildman–Crippen MR) is 139 cm³/mol. The van der Waals surface area contributed by atoms with Gasteiger partial charge < -0.3 is 19.2 Å². The van der Waals surface area contributed by atoms with Crippen LogP contribution in [-0.2, 0) is 16.1 Å². The number of carbonyl (C=O) groups excluding carboxylic acids is 2. The fourth-order valence-corrected chi connectivity index (χ4v) is 3.99. The lowest BCUT2D eigenvalue weighted by Gasteiger charge is -2.13. The van der Waals surface area contributed by atoms with Crippen LogP contribution in [0.2, 0.25) is 0 Å². The molecule has 2 aromatic carbocycles. The zero-order valence-electron chi connectivity index (χ0n) is 20.2. The van der Waals surface area contributed by atoms with Gasteiger partial charge in [-0.25, -0.2) is 4.99 Å². The maximum Gasteiger partial charge on any atom is 0.302 e. The van der Waals surface area contributed by atoms with E-state index in [1.165, 1.54) is 14.0 Å². The molecule has 0 bridgehead atoms. The van der Waals surface area contributed by atoms with Crippen LogP contribution in [0.15, 0.2) is 68.6 Å². The Kier molecular flexibility index (Phi) is 7.49. The second-order valence-corrected chi connectivity index (χ2v) is 9.02. The van der Waals surface area contributed by atoms with Gasteiger partial charge >= 0.3 is 5.97 Å². The number of fused-ring (bicyclic) bond motifs is 1. The van der Waals surface area contributed by atoms with Gasteiger partial charge in [-0.05, 0) is 55.8 Å². The van der Waals surface area contributed by atoms with Gasteiger partial charge in [0.15, 0.2) is 5.58 Å². The van der Waals surface area contributed by atoms with Crippen molar-refractivity contribution in [1.29, 1.82) is 0 Å². The second kappa shape index (κ2) is 10.7. The number of nitrogens with one attached hydrogen (secondary N) is 1. The highest BCUT2D eigenvalue weighted by atomic mass is 79.9. The van der Waals surface area contributed by atoms with Crippen molar-refractivity contribution in [3.8, 4) is 5.75 Å². The van der Waals surface area contributed by atoms with Crippen LogP contribution in [0.25, 0.3) is 11.0 Å². The molecule has 0 atom stereocenters. The first-order valence-electron chi connectivity index (χ1n) is 11.1. The van der Waals surface area contributed by atoms with Gasteiger partial charge in [-0.2, -0.15) is 0 Å². The first kappa shape index (κ1) is 25.1. The number of pyridine rings is 1. The van der Waals surface area contributed by atoms with Gasteiger partial charge in [0.2, 0.25) is 5.55 Å². The minimum Gasteiger partial charge on any atom is -0.495 e. The van der Waals surface area contributed by atoms with E-state index in [9.17, 15) is 9.59 Å². The minimum atomic E-state index is -0.439. The molecule has 0 spiro atoms. The smallest absolute Gasteiger partial charge is 0.302 e. The Morgan fingerprint density at radius 3 is 2.67 bits per heavy atom. The Balaban J connectivity index is 1.92. The molecule has 4 aromatic rings.